The van der Waals surface area contributed by atoms with Crippen LogP contribution in [0.4, 0.5) is 0 Å². The highest BCUT2D eigenvalue weighted by atomic mass is 15.1. The van der Waals surface area contributed by atoms with Crippen LogP contribution in [0.1, 0.15) is 6.92 Å². The van der Waals surface area contributed by atoms with Gasteiger partial charge in [0.15, 0.2) is 0 Å². The molecule has 0 rings (SSSR count). The van der Waals surface area contributed by atoms with E-state index in [1.807, 2.05) is 14.0 Å². The Morgan fingerprint density at radius 3 is 2.50 bits per heavy atom. The van der Waals surface area contributed by atoms with Crippen LogP contribution in [0.15, 0.2) is 18.1 Å². The Hall–Kier alpha value is -0.880. The predicted octanol–water partition coefficient (Wildman–Crippen LogP) is 0.442. The van der Waals surface area contributed by atoms with E-state index in [1.165, 1.54) is 0 Å². The number of hydrogen-bond acceptors (Lipinski definition) is 2. The van der Waals surface area contributed by atoms with Gasteiger partial charge in [0, 0.05) is 13.6 Å². The molecule has 0 saturated carbocycles. The minimum absolute atomic E-state index is 0.854. The highest BCUT2D eigenvalue weighted by Crippen LogP contribution is 1.71. The second-order valence-electron chi connectivity index (χ2n) is 1.33. The Labute approximate surface area is 50.3 Å². The second kappa shape index (κ2) is 4.28. The topological polar surface area (TPSA) is 24.1 Å². The van der Waals surface area contributed by atoms with Crippen molar-refractivity contribution in [2.75, 3.05) is 13.6 Å². The average molecular weight is 112 g/mol. The minimum atomic E-state index is 0.854. The summed E-state index contributed by atoms with van der Waals surface area (Å²) < 4.78 is 0. The molecule has 0 aromatic heterocycles. The van der Waals surface area contributed by atoms with Crippen molar-refractivity contribution < 1.29 is 0 Å². The van der Waals surface area contributed by atoms with Crippen molar-refractivity contribution in [1.82, 2.24) is 10.6 Å². The van der Waals surface area contributed by atoms with Crippen LogP contribution in [0.3, 0.4) is 0 Å². The summed E-state index contributed by atoms with van der Waals surface area (Å²) in [5, 5.41) is 5.90. The maximum absolute atomic E-state index is 3.46. The van der Waals surface area contributed by atoms with Gasteiger partial charge in [-0.05, 0) is 6.92 Å². The van der Waals surface area contributed by atoms with E-state index < -0.39 is 0 Å². The van der Waals surface area contributed by atoms with E-state index in [0.29, 0.717) is 0 Å². The van der Waals surface area contributed by atoms with Crippen LogP contribution < -0.4 is 10.6 Å². The quantitative estimate of drug-likeness (QED) is 0.518. The lowest BCUT2D eigenvalue weighted by Crippen LogP contribution is -2.21. The fourth-order valence-electron chi connectivity index (χ4n) is 0.416. The predicted molar refractivity (Wildman–Crippen MR) is 35.4 cm³/mol. The maximum Gasteiger partial charge on any atom is 0.143 e. The van der Waals surface area contributed by atoms with Crippen LogP contribution in [0, 0.1) is 0 Å². The largest absolute Gasteiger partial charge is 0.368 e. The first-order chi connectivity index (χ1) is 3.85. The molecule has 0 aliphatic rings. The molecule has 0 aliphatic heterocycles. The van der Waals surface area contributed by atoms with Crippen LogP contribution in [0.5, 0.6) is 0 Å². The first kappa shape index (κ1) is 7.12. The standard InChI is InChI=1S/C6H12N2/c1-4-6(7-3)8-5-2/h7-8H,1,5H2,2-3H3. The zero-order valence-corrected chi connectivity index (χ0v) is 5.41. The molecule has 0 aromatic rings. The monoisotopic (exact) mass is 112 g/mol. The maximum atomic E-state index is 3.46. The molecule has 0 atom stereocenters. The summed E-state index contributed by atoms with van der Waals surface area (Å²) >= 11 is 0. The second-order valence-corrected chi connectivity index (χ2v) is 1.33. The van der Waals surface area contributed by atoms with Gasteiger partial charge in [-0.2, -0.15) is 0 Å². The molecule has 2 nitrogen and oxygen atoms in total. The van der Waals surface area contributed by atoms with Crippen molar-refractivity contribution in [3.05, 3.63) is 18.1 Å². The fourth-order valence-corrected chi connectivity index (χ4v) is 0.416. The molecule has 2 heteroatoms. The highest BCUT2D eigenvalue weighted by Gasteiger charge is 1.81. The third-order valence-electron chi connectivity index (χ3n) is 0.780. The van der Waals surface area contributed by atoms with E-state index in [0.717, 1.165) is 12.4 Å². The van der Waals surface area contributed by atoms with E-state index in [9.17, 15) is 0 Å². The highest BCUT2D eigenvalue weighted by molar-refractivity contribution is 4.91. The third kappa shape index (κ3) is 2.32. The molecule has 46 valence electrons. The summed E-state index contributed by atoms with van der Waals surface area (Å²) in [6, 6.07) is 0. The van der Waals surface area contributed by atoms with Gasteiger partial charge in [0.1, 0.15) is 5.82 Å². The van der Waals surface area contributed by atoms with Gasteiger partial charge >= 0.3 is 0 Å². The molecule has 0 aliphatic carbocycles. The molecule has 0 fully saturated rings. The van der Waals surface area contributed by atoms with Crippen molar-refractivity contribution in [1.29, 1.82) is 0 Å². The molecule has 0 bridgehead atoms. The number of rotatable bonds is 3. The molecule has 0 spiro atoms. The lowest BCUT2D eigenvalue weighted by molar-refractivity contribution is 0.769. The van der Waals surface area contributed by atoms with Gasteiger partial charge in [-0.25, -0.2) is 0 Å². The van der Waals surface area contributed by atoms with Crippen molar-refractivity contribution in [2.45, 2.75) is 6.92 Å². The molecule has 0 aromatic carbocycles. The van der Waals surface area contributed by atoms with Crippen LogP contribution >= 0.6 is 0 Å². The Morgan fingerprint density at radius 2 is 2.38 bits per heavy atom. The summed E-state index contributed by atoms with van der Waals surface area (Å²) in [5.74, 6) is 0.854. The SMILES string of the molecule is C=C=C(NC)NCC. The van der Waals surface area contributed by atoms with E-state index in [2.05, 4.69) is 22.9 Å². The number of nitrogens with one attached hydrogen (secondary N) is 2. The normalized spacial score (nSPS) is 7.25. The molecule has 0 amide bonds. The molecule has 0 saturated heterocycles. The van der Waals surface area contributed by atoms with Gasteiger partial charge in [0.2, 0.25) is 0 Å². The van der Waals surface area contributed by atoms with Gasteiger partial charge in [-0.1, -0.05) is 12.3 Å². The zero-order valence-electron chi connectivity index (χ0n) is 5.41. The van der Waals surface area contributed by atoms with Crippen molar-refractivity contribution in [3.8, 4) is 0 Å². The summed E-state index contributed by atoms with van der Waals surface area (Å²) in [6.07, 6.45) is 0. The molecule has 0 radical (unpaired) electrons. The van der Waals surface area contributed by atoms with Gasteiger partial charge in [-0.15, -0.1) is 0 Å². The summed E-state index contributed by atoms with van der Waals surface area (Å²) in [7, 11) is 1.83. The van der Waals surface area contributed by atoms with Gasteiger partial charge in [0.25, 0.3) is 0 Å². The van der Waals surface area contributed by atoms with Crippen molar-refractivity contribution >= 4 is 0 Å². The molecule has 0 unspecified atom stereocenters. The van der Waals surface area contributed by atoms with Gasteiger partial charge in [0.05, 0.1) is 0 Å². The Morgan fingerprint density at radius 1 is 1.75 bits per heavy atom. The van der Waals surface area contributed by atoms with Crippen LogP contribution in [0.25, 0.3) is 0 Å². The number of hydrogen-bond donors (Lipinski definition) is 2. The van der Waals surface area contributed by atoms with E-state index in [1.54, 1.807) is 0 Å². The van der Waals surface area contributed by atoms with Crippen molar-refractivity contribution in [3.63, 3.8) is 0 Å². The van der Waals surface area contributed by atoms with Crippen LogP contribution in [-0.2, 0) is 0 Å². The van der Waals surface area contributed by atoms with Crippen LogP contribution in [0.2, 0.25) is 0 Å². The molecule has 0 heterocycles. The fraction of sp³-hybridized carbons (Fsp3) is 0.500. The van der Waals surface area contributed by atoms with Gasteiger partial charge in [-0.3, -0.25) is 0 Å². The minimum Gasteiger partial charge on any atom is -0.368 e. The van der Waals surface area contributed by atoms with E-state index >= 15 is 0 Å². The lowest BCUT2D eigenvalue weighted by atomic mass is 10.6. The third-order valence-corrected chi connectivity index (χ3v) is 0.780. The van der Waals surface area contributed by atoms with E-state index in [-0.39, 0.29) is 0 Å². The smallest absolute Gasteiger partial charge is 0.143 e. The van der Waals surface area contributed by atoms with E-state index in [4.69, 9.17) is 0 Å². The van der Waals surface area contributed by atoms with Crippen molar-refractivity contribution in [2.24, 2.45) is 0 Å². The van der Waals surface area contributed by atoms with Gasteiger partial charge < -0.3 is 10.6 Å². The summed E-state index contributed by atoms with van der Waals surface area (Å²) in [5.41, 5.74) is 2.70. The lowest BCUT2D eigenvalue weighted by Gasteiger charge is -2.02. The Bertz CT molecular complexity index is 101. The van der Waals surface area contributed by atoms with Crippen LogP contribution in [-0.4, -0.2) is 13.6 Å². The summed E-state index contributed by atoms with van der Waals surface area (Å²) in [6.45, 7) is 6.39. The first-order valence-electron chi connectivity index (χ1n) is 2.66. The summed E-state index contributed by atoms with van der Waals surface area (Å²) in [4.78, 5) is 0. The Balaban J connectivity index is 3.55. The Kier molecular flexibility index (Phi) is 3.81. The molecule has 2 N–H and O–H groups in total. The zero-order chi connectivity index (χ0) is 6.41. The molecule has 8 heavy (non-hydrogen) atoms. The average Bonchev–Trinajstić information content (AvgIpc) is 1.83. The first-order valence-corrected chi connectivity index (χ1v) is 2.66. The molecular formula is C6H12N2. The molecular weight excluding hydrogens is 100 g/mol.